The van der Waals surface area contributed by atoms with Crippen LogP contribution in [0.3, 0.4) is 0 Å². The molecule has 0 fully saturated rings. The van der Waals surface area contributed by atoms with Crippen LogP contribution >= 0.6 is 39.1 Å². The van der Waals surface area contributed by atoms with Gasteiger partial charge in [-0.2, -0.15) is 5.10 Å². The summed E-state index contributed by atoms with van der Waals surface area (Å²) in [6.07, 6.45) is 0.948. The highest BCUT2D eigenvalue weighted by atomic mass is 79.9. The summed E-state index contributed by atoms with van der Waals surface area (Å²) < 4.78 is 0.843. The van der Waals surface area contributed by atoms with Crippen molar-refractivity contribution in [2.24, 2.45) is 10.3 Å². The molecule has 2 aromatic carbocycles. The molecule has 0 heterocycles. The molecule has 5 nitrogen and oxygen atoms in total. The van der Waals surface area contributed by atoms with Gasteiger partial charge in [0.1, 0.15) is 0 Å². The zero-order chi connectivity index (χ0) is 16.8. The maximum Gasteiger partial charge on any atom is 0.214 e. The number of carbonyl (C=O) groups excluding carboxylic acids is 1. The lowest BCUT2D eigenvalue weighted by Gasteiger charge is -2.05. The summed E-state index contributed by atoms with van der Waals surface area (Å²) in [6, 6.07) is 11.5. The van der Waals surface area contributed by atoms with Crippen molar-refractivity contribution in [1.82, 2.24) is 0 Å². The molecular formula is C15H10BrCl2N3O2. The molecule has 2 N–H and O–H groups in total. The van der Waals surface area contributed by atoms with E-state index in [1.54, 1.807) is 42.5 Å². The van der Waals surface area contributed by atoms with Crippen molar-refractivity contribution < 1.29 is 10.0 Å². The van der Waals surface area contributed by atoms with Gasteiger partial charge in [-0.25, -0.2) is 0 Å². The SMILES string of the molecule is O=C(C(/C=N\O)=N\Nc1cc(Cl)cc(Cl)c1)c1ccc(Br)cc1. The highest BCUT2D eigenvalue weighted by Gasteiger charge is 2.13. The van der Waals surface area contributed by atoms with E-state index in [2.05, 4.69) is 31.6 Å². The summed E-state index contributed by atoms with van der Waals surface area (Å²) in [7, 11) is 0. The van der Waals surface area contributed by atoms with Crippen LogP contribution in [0.25, 0.3) is 0 Å². The number of nitrogens with one attached hydrogen (secondary N) is 1. The van der Waals surface area contributed by atoms with Gasteiger partial charge in [0, 0.05) is 20.1 Å². The molecule has 118 valence electrons. The fourth-order valence-corrected chi connectivity index (χ4v) is 2.48. The largest absolute Gasteiger partial charge is 0.411 e. The second kappa shape index (κ2) is 8.10. The number of oxime groups is 1. The van der Waals surface area contributed by atoms with Crippen LogP contribution in [0.15, 0.2) is 57.2 Å². The number of rotatable bonds is 5. The lowest BCUT2D eigenvalue weighted by molar-refractivity contribution is 0.106. The molecular weight excluding hydrogens is 405 g/mol. The van der Waals surface area contributed by atoms with Crippen molar-refractivity contribution in [2.45, 2.75) is 0 Å². The second-order valence-corrected chi connectivity index (χ2v) is 6.14. The van der Waals surface area contributed by atoms with Crippen LogP contribution in [0.4, 0.5) is 5.69 Å². The Morgan fingerprint density at radius 1 is 1.13 bits per heavy atom. The molecule has 0 saturated heterocycles. The van der Waals surface area contributed by atoms with Gasteiger partial charge in [-0.3, -0.25) is 10.2 Å². The van der Waals surface area contributed by atoms with E-state index in [1.165, 1.54) is 0 Å². The van der Waals surface area contributed by atoms with Crippen molar-refractivity contribution in [1.29, 1.82) is 0 Å². The van der Waals surface area contributed by atoms with E-state index in [0.29, 0.717) is 21.3 Å². The number of halogens is 3. The number of anilines is 1. The fourth-order valence-electron chi connectivity index (χ4n) is 1.69. The smallest absolute Gasteiger partial charge is 0.214 e. The average molecular weight is 415 g/mol. The summed E-state index contributed by atoms with van der Waals surface area (Å²) >= 11 is 15.1. The first-order valence-corrected chi connectivity index (χ1v) is 7.82. The van der Waals surface area contributed by atoms with E-state index in [1.807, 2.05) is 0 Å². The van der Waals surface area contributed by atoms with Crippen LogP contribution in [-0.4, -0.2) is 22.9 Å². The van der Waals surface area contributed by atoms with Crippen LogP contribution in [-0.2, 0) is 0 Å². The number of nitrogens with zero attached hydrogens (tertiary/aromatic N) is 2. The quantitative estimate of drug-likeness (QED) is 0.317. The van der Waals surface area contributed by atoms with E-state index < -0.39 is 5.78 Å². The highest BCUT2D eigenvalue weighted by molar-refractivity contribution is 9.10. The van der Waals surface area contributed by atoms with Crippen molar-refractivity contribution in [2.75, 3.05) is 5.43 Å². The Morgan fingerprint density at radius 3 is 2.30 bits per heavy atom. The first kappa shape index (κ1) is 17.5. The number of hydrogen-bond acceptors (Lipinski definition) is 5. The third-order valence-corrected chi connectivity index (χ3v) is 3.65. The number of hydrogen-bond donors (Lipinski definition) is 2. The monoisotopic (exact) mass is 413 g/mol. The molecule has 0 aliphatic rings. The summed E-state index contributed by atoms with van der Waals surface area (Å²) in [5.41, 5.74) is 3.48. The summed E-state index contributed by atoms with van der Waals surface area (Å²) in [6.45, 7) is 0. The van der Waals surface area contributed by atoms with E-state index in [4.69, 9.17) is 28.4 Å². The van der Waals surface area contributed by atoms with E-state index in [9.17, 15) is 4.79 Å². The molecule has 23 heavy (non-hydrogen) atoms. The Morgan fingerprint density at radius 2 is 1.74 bits per heavy atom. The Bertz CT molecular complexity index is 757. The summed E-state index contributed by atoms with van der Waals surface area (Å²) in [5.74, 6) is -0.407. The lowest BCUT2D eigenvalue weighted by Crippen LogP contribution is -2.17. The number of Topliss-reactive ketones (excluding diaryl/α,β-unsaturated/α-hetero) is 1. The topological polar surface area (TPSA) is 74.0 Å². The summed E-state index contributed by atoms with van der Waals surface area (Å²) in [4.78, 5) is 12.4. The Hall–Kier alpha value is -1.89. The lowest BCUT2D eigenvalue weighted by atomic mass is 10.1. The molecule has 0 aliphatic heterocycles. The number of carbonyl (C=O) groups is 1. The Labute approximate surface area is 150 Å². The molecule has 0 spiro atoms. The minimum atomic E-state index is -0.407. The maximum absolute atomic E-state index is 12.4. The van der Waals surface area contributed by atoms with Gasteiger partial charge in [-0.05, 0) is 42.5 Å². The molecule has 0 aromatic heterocycles. The van der Waals surface area contributed by atoms with E-state index in [-0.39, 0.29) is 5.71 Å². The fraction of sp³-hybridized carbons (Fsp3) is 0. The predicted octanol–water partition coefficient (Wildman–Crippen LogP) is 4.87. The zero-order valence-corrected chi connectivity index (χ0v) is 14.6. The molecule has 2 aromatic rings. The van der Waals surface area contributed by atoms with Crippen LogP contribution in [0.5, 0.6) is 0 Å². The third-order valence-electron chi connectivity index (χ3n) is 2.69. The Kier molecular flexibility index (Phi) is 6.15. The molecule has 0 unspecified atom stereocenters. The first-order chi connectivity index (χ1) is 11.0. The van der Waals surface area contributed by atoms with Crippen LogP contribution in [0.2, 0.25) is 10.0 Å². The van der Waals surface area contributed by atoms with Crippen molar-refractivity contribution in [3.63, 3.8) is 0 Å². The van der Waals surface area contributed by atoms with Gasteiger partial charge < -0.3 is 5.21 Å². The van der Waals surface area contributed by atoms with Gasteiger partial charge in [0.15, 0.2) is 5.71 Å². The van der Waals surface area contributed by atoms with Crippen LogP contribution in [0, 0.1) is 0 Å². The molecule has 8 heteroatoms. The van der Waals surface area contributed by atoms with Gasteiger partial charge in [0.05, 0.1) is 11.9 Å². The van der Waals surface area contributed by atoms with Gasteiger partial charge >= 0.3 is 0 Å². The number of ketones is 1. The molecule has 0 radical (unpaired) electrons. The standard InChI is InChI=1S/C15H10BrCl2N3O2/c16-10-3-1-9(2-4-10)15(22)14(8-19-23)21-20-13-6-11(17)5-12(18)7-13/h1-8,20,23H/b19-8-,21-14-. The Balaban J connectivity index is 2.26. The minimum Gasteiger partial charge on any atom is -0.411 e. The van der Waals surface area contributed by atoms with Gasteiger partial charge in [0.25, 0.3) is 0 Å². The van der Waals surface area contributed by atoms with Crippen molar-refractivity contribution >= 4 is 62.5 Å². The van der Waals surface area contributed by atoms with Gasteiger partial charge in [-0.15, -0.1) is 0 Å². The van der Waals surface area contributed by atoms with Gasteiger partial charge in [-0.1, -0.05) is 44.3 Å². The number of hydrazone groups is 1. The zero-order valence-electron chi connectivity index (χ0n) is 11.5. The molecule has 2 rings (SSSR count). The minimum absolute atomic E-state index is 0.0779. The van der Waals surface area contributed by atoms with E-state index in [0.717, 1.165) is 10.7 Å². The van der Waals surface area contributed by atoms with E-state index >= 15 is 0 Å². The molecule has 0 saturated carbocycles. The van der Waals surface area contributed by atoms with Gasteiger partial charge in [0.2, 0.25) is 5.78 Å². The van der Waals surface area contributed by atoms with Crippen LogP contribution < -0.4 is 5.43 Å². The normalized spacial score (nSPS) is 11.7. The van der Waals surface area contributed by atoms with Crippen molar-refractivity contribution in [3.05, 3.63) is 62.5 Å². The second-order valence-electron chi connectivity index (χ2n) is 4.35. The van der Waals surface area contributed by atoms with Crippen LogP contribution in [0.1, 0.15) is 10.4 Å². The number of benzene rings is 2. The molecule has 0 amide bonds. The average Bonchev–Trinajstić information content (AvgIpc) is 2.50. The van der Waals surface area contributed by atoms with Crippen molar-refractivity contribution in [3.8, 4) is 0 Å². The first-order valence-electron chi connectivity index (χ1n) is 6.27. The molecule has 0 aliphatic carbocycles. The molecule has 0 bridgehead atoms. The third kappa shape index (κ3) is 5.06. The maximum atomic E-state index is 12.4. The summed E-state index contributed by atoms with van der Waals surface area (Å²) in [5, 5.41) is 16.4. The predicted molar refractivity (Wildman–Crippen MR) is 96.3 cm³/mol. The molecule has 0 atom stereocenters. The highest BCUT2D eigenvalue weighted by Crippen LogP contribution is 2.22.